The van der Waals surface area contributed by atoms with Gasteiger partial charge >= 0.3 is 5.97 Å². The average molecular weight is 326 g/mol. The molecule has 2 fully saturated rings. The lowest BCUT2D eigenvalue weighted by Gasteiger charge is -2.32. The predicted molar refractivity (Wildman–Crippen MR) is 97.5 cm³/mol. The highest BCUT2D eigenvalue weighted by Crippen LogP contribution is 2.39. The van der Waals surface area contributed by atoms with Crippen molar-refractivity contribution in [3.63, 3.8) is 0 Å². The van der Waals surface area contributed by atoms with Crippen LogP contribution in [0.1, 0.15) is 69.8 Å². The summed E-state index contributed by atoms with van der Waals surface area (Å²) in [6.07, 6.45) is 14.9. The average Bonchev–Trinajstić information content (AvgIpc) is 2.67. The fraction of sp³-hybridized carbons (Fsp3) is 0.591. The van der Waals surface area contributed by atoms with Crippen molar-refractivity contribution in [3.8, 4) is 0 Å². The molecule has 2 saturated carbocycles. The van der Waals surface area contributed by atoms with Gasteiger partial charge in [-0.1, -0.05) is 74.4 Å². The summed E-state index contributed by atoms with van der Waals surface area (Å²) in [7, 11) is 0. The Bertz CT molecular complexity index is 514. The highest BCUT2D eigenvalue weighted by atomic mass is 16.5. The first kappa shape index (κ1) is 17.3. The second-order valence-corrected chi connectivity index (χ2v) is 7.41. The van der Waals surface area contributed by atoms with E-state index in [0.717, 1.165) is 5.56 Å². The molecule has 130 valence electrons. The zero-order valence-corrected chi connectivity index (χ0v) is 14.7. The number of benzene rings is 1. The van der Waals surface area contributed by atoms with Crippen LogP contribution in [0.25, 0.3) is 0 Å². The molecular formula is C22H30O2. The fourth-order valence-corrected chi connectivity index (χ4v) is 4.35. The van der Waals surface area contributed by atoms with Gasteiger partial charge in [0.25, 0.3) is 0 Å². The third-order valence-electron chi connectivity index (χ3n) is 5.66. The van der Waals surface area contributed by atoms with Crippen molar-refractivity contribution >= 4 is 5.97 Å². The molecule has 2 heteroatoms. The number of esters is 1. The van der Waals surface area contributed by atoms with Gasteiger partial charge in [-0.15, -0.1) is 0 Å². The minimum atomic E-state index is -0.148. The fourth-order valence-electron chi connectivity index (χ4n) is 4.35. The van der Waals surface area contributed by atoms with Gasteiger partial charge in [-0.05, 0) is 43.1 Å². The second-order valence-electron chi connectivity index (χ2n) is 7.41. The van der Waals surface area contributed by atoms with Gasteiger partial charge in [0.05, 0.1) is 0 Å². The molecule has 0 spiro atoms. The lowest BCUT2D eigenvalue weighted by molar-refractivity contribution is -0.139. The first-order valence-corrected chi connectivity index (χ1v) is 9.75. The van der Waals surface area contributed by atoms with Crippen molar-refractivity contribution in [2.24, 2.45) is 11.8 Å². The van der Waals surface area contributed by atoms with E-state index in [0.29, 0.717) is 18.4 Å². The summed E-state index contributed by atoms with van der Waals surface area (Å²) >= 11 is 0. The number of hydrogen-bond acceptors (Lipinski definition) is 2. The summed E-state index contributed by atoms with van der Waals surface area (Å²) in [5.74, 6) is 1.09. The van der Waals surface area contributed by atoms with Crippen molar-refractivity contribution in [3.05, 3.63) is 47.5 Å². The number of carbonyl (C=O) groups is 1. The Hall–Kier alpha value is -1.57. The van der Waals surface area contributed by atoms with Crippen molar-refractivity contribution in [2.45, 2.75) is 70.8 Å². The van der Waals surface area contributed by atoms with Gasteiger partial charge in [0, 0.05) is 6.08 Å². The first-order valence-electron chi connectivity index (χ1n) is 9.75. The second kappa shape index (κ2) is 9.05. The Morgan fingerprint density at radius 1 is 0.875 bits per heavy atom. The Morgan fingerprint density at radius 3 is 1.96 bits per heavy atom. The van der Waals surface area contributed by atoms with E-state index in [1.165, 1.54) is 69.8 Å². The van der Waals surface area contributed by atoms with E-state index in [4.69, 9.17) is 4.74 Å². The molecule has 0 amide bonds. The number of allylic oxidation sites excluding steroid dienone is 1. The van der Waals surface area contributed by atoms with Crippen LogP contribution in [-0.2, 0) is 16.1 Å². The van der Waals surface area contributed by atoms with E-state index in [-0.39, 0.29) is 5.97 Å². The molecule has 0 saturated heterocycles. The molecule has 1 aromatic rings. The van der Waals surface area contributed by atoms with Crippen LogP contribution in [-0.4, -0.2) is 5.97 Å². The van der Waals surface area contributed by atoms with Gasteiger partial charge in [0.2, 0.25) is 0 Å². The van der Waals surface area contributed by atoms with Gasteiger partial charge in [-0.25, -0.2) is 4.79 Å². The predicted octanol–water partition coefficient (Wildman–Crippen LogP) is 5.82. The van der Waals surface area contributed by atoms with E-state index >= 15 is 0 Å². The van der Waals surface area contributed by atoms with Crippen LogP contribution in [0.2, 0.25) is 0 Å². The maximum absolute atomic E-state index is 12.4. The first-order chi connectivity index (χ1) is 11.8. The minimum Gasteiger partial charge on any atom is -0.458 e. The number of carbonyl (C=O) groups excluding carboxylic acids is 1. The molecule has 0 radical (unpaired) electrons. The van der Waals surface area contributed by atoms with Crippen molar-refractivity contribution in [1.82, 2.24) is 0 Å². The third kappa shape index (κ3) is 4.96. The van der Waals surface area contributed by atoms with Crippen LogP contribution in [0.15, 0.2) is 42.0 Å². The summed E-state index contributed by atoms with van der Waals surface area (Å²) in [5.41, 5.74) is 2.46. The van der Waals surface area contributed by atoms with Crippen molar-refractivity contribution in [1.29, 1.82) is 0 Å². The number of ether oxygens (including phenoxy) is 1. The number of rotatable bonds is 5. The number of hydrogen-bond donors (Lipinski definition) is 0. The van der Waals surface area contributed by atoms with Crippen molar-refractivity contribution < 1.29 is 9.53 Å². The van der Waals surface area contributed by atoms with E-state index in [2.05, 4.69) is 0 Å². The van der Waals surface area contributed by atoms with Gasteiger partial charge in [0.1, 0.15) is 6.61 Å². The van der Waals surface area contributed by atoms with Gasteiger partial charge < -0.3 is 4.74 Å². The Balaban J connectivity index is 1.65. The van der Waals surface area contributed by atoms with Gasteiger partial charge in [0.15, 0.2) is 0 Å². The van der Waals surface area contributed by atoms with Gasteiger partial charge in [-0.2, -0.15) is 0 Å². The zero-order chi connectivity index (χ0) is 16.6. The molecule has 2 nitrogen and oxygen atoms in total. The summed E-state index contributed by atoms with van der Waals surface area (Å²) < 4.78 is 5.52. The molecule has 2 aliphatic carbocycles. The molecule has 0 N–H and O–H groups in total. The molecule has 2 aliphatic rings. The lowest BCUT2D eigenvalue weighted by atomic mass is 9.73. The molecule has 0 aliphatic heterocycles. The molecule has 0 atom stereocenters. The van der Waals surface area contributed by atoms with E-state index in [1.54, 1.807) is 0 Å². The minimum absolute atomic E-state index is 0.148. The quantitative estimate of drug-likeness (QED) is 0.503. The van der Waals surface area contributed by atoms with Crippen LogP contribution in [0.5, 0.6) is 0 Å². The molecular weight excluding hydrogens is 296 g/mol. The topological polar surface area (TPSA) is 26.3 Å². The Kier molecular flexibility index (Phi) is 6.51. The van der Waals surface area contributed by atoms with Gasteiger partial charge in [-0.3, -0.25) is 0 Å². The normalized spacial score (nSPS) is 19.7. The van der Waals surface area contributed by atoms with E-state index in [9.17, 15) is 4.79 Å². The molecule has 0 aromatic heterocycles. The SMILES string of the molecule is O=C(C=C(C1CCCCC1)C1CCCCC1)OCc1ccccc1. The molecule has 24 heavy (non-hydrogen) atoms. The molecule has 0 heterocycles. The molecule has 3 rings (SSSR count). The van der Waals surface area contributed by atoms with Crippen LogP contribution >= 0.6 is 0 Å². The third-order valence-corrected chi connectivity index (χ3v) is 5.66. The van der Waals surface area contributed by atoms with E-state index < -0.39 is 0 Å². The van der Waals surface area contributed by atoms with Crippen LogP contribution in [0, 0.1) is 11.8 Å². The summed E-state index contributed by atoms with van der Waals surface area (Å²) in [4.78, 5) is 12.4. The Labute approximate surface area is 146 Å². The highest BCUT2D eigenvalue weighted by molar-refractivity contribution is 5.83. The summed E-state index contributed by atoms with van der Waals surface area (Å²) in [5, 5.41) is 0. The maximum Gasteiger partial charge on any atom is 0.331 e. The standard InChI is InChI=1S/C22H30O2/c23-22(24-17-18-10-4-1-5-11-18)16-21(19-12-6-2-7-13-19)20-14-8-3-9-15-20/h1,4-5,10-11,16,19-20H,2-3,6-9,12-15,17H2. The highest BCUT2D eigenvalue weighted by Gasteiger charge is 2.26. The van der Waals surface area contributed by atoms with Crippen LogP contribution in [0.3, 0.4) is 0 Å². The largest absolute Gasteiger partial charge is 0.458 e. The lowest BCUT2D eigenvalue weighted by Crippen LogP contribution is -2.20. The Morgan fingerprint density at radius 2 is 1.42 bits per heavy atom. The summed E-state index contributed by atoms with van der Waals surface area (Å²) in [6.45, 7) is 0.374. The monoisotopic (exact) mass is 326 g/mol. The molecule has 0 bridgehead atoms. The maximum atomic E-state index is 12.4. The van der Waals surface area contributed by atoms with Crippen molar-refractivity contribution in [2.75, 3.05) is 0 Å². The zero-order valence-electron chi connectivity index (χ0n) is 14.7. The molecule has 0 unspecified atom stereocenters. The van der Waals surface area contributed by atoms with Crippen LogP contribution < -0.4 is 0 Å². The smallest absolute Gasteiger partial charge is 0.331 e. The molecule has 1 aromatic carbocycles. The van der Waals surface area contributed by atoms with Crippen LogP contribution in [0.4, 0.5) is 0 Å². The van der Waals surface area contributed by atoms with E-state index in [1.807, 2.05) is 36.4 Å². The summed E-state index contributed by atoms with van der Waals surface area (Å²) in [6, 6.07) is 9.94.